The molecule has 0 spiro atoms. The van der Waals surface area contributed by atoms with Gasteiger partial charge in [-0.1, -0.05) is 127 Å². The van der Waals surface area contributed by atoms with Gasteiger partial charge in [0.05, 0.1) is 38.8 Å². The zero-order chi connectivity index (χ0) is 34.4. The average molecular weight is 673 g/mol. The topological polar surface area (TPSA) is 25.0 Å². The zero-order valence-electron chi connectivity index (χ0n) is 28.5. The van der Waals surface area contributed by atoms with Gasteiger partial charge >= 0.3 is 0 Å². The molecule has 0 unspecified atom stereocenters. The molecule has 244 valence electrons. The maximum absolute atomic E-state index is 5.73. The molecule has 0 aliphatic heterocycles. The summed E-state index contributed by atoms with van der Waals surface area (Å²) in [5.74, 6) is 0. The number of benzene rings is 8. The monoisotopic (exact) mass is 672 g/mol. The highest BCUT2D eigenvalue weighted by molar-refractivity contribution is 6.31. The van der Waals surface area contributed by atoms with Crippen LogP contribution in [0.1, 0.15) is 0 Å². The largest absolute Gasteiger partial charge is 0.308 e. The van der Waals surface area contributed by atoms with E-state index in [2.05, 4.69) is 184 Å². The van der Waals surface area contributed by atoms with Crippen molar-refractivity contribution in [3.8, 4) is 0 Å². The predicted octanol–water partition coefficient (Wildman–Crippen LogP) is 13.2. The van der Waals surface area contributed by atoms with Crippen LogP contribution in [0.4, 0.5) is 17.1 Å². The van der Waals surface area contributed by atoms with E-state index >= 15 is 0 Å². The van der Waals surface area contributed by atoms with Crippen molar-refractivity contribution < 1.29 is 0 Å². The van der Waals surface area contributed by atoms with Crippen LogP contribution in [0.5, 0.6) is 0 Å². The minimum Gasteiger partial charge on any atom is -0.308 e. The lowest BCUT2D eigenvalue weighted by Crippen LogP contribution is -2.11. The fourth-order valence-electron chi connectivity index (χ4n) is 9.59. The van der Waals surface area contributed by atoms with Gasteiger partial charge in [0.2, 0.25) is 0 Å². The Balaban J connectivity index is 1.24. The van der Waals surface area contributed by atoms with Gasteiger partial charge in [0.1, 0.15) is 5.65 Å². The van der Waals surface area contributed by atoms with Crippen LogP contribution in [0.2, 0.25) is 0 Å². The minimum absolute atomic E-state index is 0.986. The molecule has 0 atom stereocenters. The number of rotatable bonds is 3. The molecule has 5 heterocycles. The van der Waals surface area contributed by atoms with E-state index in [1.54, 1.807) is 0 Å². The molecule has 0 radical (unpaired) electrons. The van der Waals surface area contributed by atoms with Crippen molar-refractivity contribution in [2.45, 2.75) is 0 Å². The third kappa shape index (κ3) is 3.39. The van der Waals surface area contributed by atoms with Crippen LogP contribution >= 0.6 is 0 Å². The smallest absolute Gasteiger partial charge is 0.146 e. The average Bonchev–Trinajstić information content (AvgIpc) is 3.94. The normalized spacial score (nSPS) is 12.5. The van der Waals surface area contributed by atoms with Gasteiger partial charge in [0, 0.05) is 54.5 Å². The Kier molecular flexibility index (Phi) is 5.08. The Morgan fingerprint density at radius 1 is 0.377 bits per heavy atom. The van der Waals surface area contributed by atoms with E-state index in [0.29, 0.717) is 0 Å². The summed E-state index contributed by atoms with van der Waals surface area (Å²) < 4.78 is 4.93. The molecule has 0 fully saturated rings. The third-order valence-corrected chi connectivity index (χ3v) is 11.7. The van der Waals surface area contributed by atoms with Crippen LogP contribution in [0.25, 0.3) is 98.0 Å². The summed E-state index contributed by atoms with van der Waals surface area (Å²) in [7, 11) is 0. The quantitative estimate of drug-likeness (QED) is 0.187. The summed E-state index contributed by atoms with van der Waals surface area (Å²) >= 11 is 0. The van der Waals surface area contributed by atoms with Gasteiger partial charge in [-0.3, -0.25) is 4.40 Å². The van der Waals surface area contributed by atoms with Gasteiger partial charge in [0.25, 0.3) is 0 Å². The number of para-hydroxylation sites is 4. The van der Waals surface area contributed by atoms with E-state index in [-0.39, 0.29) is 0 Å². The molecule has 5 aromatic heterocycles. The summed E-state index contributed by atoms with van der Waals surface area (Å²) in [6.45, 7) is 0. The van der Waals surface area contributed by atoms with E-state index in [0.717, 1.165) is 39.3 Å². The van der Waals surface area contributed by atoms with Gasteiger partial charge < -0.3 is 9.30 Å². The lowest BCUT2D eigenvalue weighted by Gasteiger charge is -2.28. The number of fused-ring (bicyclic) bond motifs is 15. The van der Waals surface area contributed by atoms with Crippen LogP contribution in [-0.4, -0.2) is 13.8 Å². The molecule has 4 nitrogen and oxygen atoms in total. The maximum atomic E-state index is 5.73. The number of anilines is 3. The second kappa shape index (κ2) is 9.78. The summed E-state index contributed by atoms with van der Waals surface area (Å²) in [4.78, 5) is 8.16. The van der Waals surface area contributed by atoms with Gasteiger partial charge in [0.15, 0.2) is 0 Å². The highest BCUT2D eigenvalue weighted by Crippen LogP contribution is 2.50. The maximum Gasteiger partial charge on any atom is 0.146 e. The number of aromatic nitrogens is 3. The summed E-state index contributed by atoms with van der Waals surface area (Å²) in [5.41, 5.74) is 11.4. The van der Waals surface area contributed by atoms with Crippen LogP contribution in [0.3, 0.4) is 0 Å². The van der Waals surface area contributed by atoms with E-state index in [1.807, 2.05) is 0 Å². The number of pyridine rings is 1. The Hall–Kier alpha value is -7.17. The van der Waals surface area contributed by atoms with Crippen molar-refractivity contribution in [1.82, 2.24) is 13.8 Å². The molecule has 8 aromatic carbocycles. The van der Waals surface area contributed by atoms with Gasteiger partial charge in [-0.15, -0.1) is 0 Å². The lowest BCUT2D eigenvalue weighted by molar-refractivity contribution is 1.26. The summed E-state index contributed by atoms with van der Waals surface area (Å²) in [5, 5.41) is 13.6. The third-order valence-electron chi connectivity index (χ3n) is 11.7. The van der Waals surface area contributed by atoms with Crippen molar-refractivity contribution >= 4 is 115 Å². The van der Waals surface area contributed by atoms with Crippen molar-refractivity contribution in [1.29, 1.82) is 0 Å². The number of nitrogens with zero attached hydrogens (tertiary/aromatic N) is 4. The molecular weight excluding hydrogens is 645 g/mol. The van der Waals surface area contributed by atoms with Crippen LogP contribution in [-0.2, 0) is 0 Å². The molecule has 0 bridgehead atoms. The lowest BCUT2D eigenvalue weighted by atomic mass is 10.0. The fourth-order valence-corrected chi connectivity index (χ4v) is 9.59. The van der Waals surface area contributed by atoms with E-state index in [9.17, 15) is 0 Å². The minimum atomic E-state index is 0.986. The molecule has 0 saturated carbocycles. The van der Waals surface area contributed by atoms with E-state index in [1.165, 1.54) is 75.8 Å². The second-order valence-corrected chi connectivity index (χ2v) is 14.3. The Labute approximate surface area is 302 Å². The van der Waals surface area contributed by atoms with E-state index < -0.39 is 0 Å². The molecule has 13 aromatic rings. The van der Waals surface area contributed by atoms with Crippen molar-refractivity contribution in [3.63, 3.8) is 0 Å². The highest BCUT2D eigenvalue weighted by atomic mass is 15.2. The predicted molar refractivity (Wildman–Crippen MR) is 223 cm³/mol. The Morgan fingerprint density at radius 3 is 1.75 bits per heavy atom. The van der Waals surface area contributed by atoms with Crippen LogP contribution in [0, 0.1) is 0 Å². The Bertz CT molecular complexity index is 3580. The summed E-state index contributed by atoms with van der Waals surface area (Å²) in [6, 6.07) is 61.9. The molecule has 0 N–H and O–H groups in total. The number of hydrogen-bond acceptors (Lipinski definition) is 2. The SMILES string of the molecule is c1ccc(N(c2ccccc2)c2c3ccccc3cc3c4cccc5c6cc7c(nc6n(c23)c54)c2cccc3c4c5ccccc5ccc4n7c23)cc1. The molecule has 4 heteroatoms. The van der Waals surface area contributed by atoms with Gasteiger partial charge in [-0.05, 0) is 58.6 Å². The van der Waals surface area contributed by atoms with Gasteiger partial charge in [-0.25, -0.2) is 4.98 Å². The zero-order valence-corrected chi connectivity index (χ0v) is 28.5. The molecule has 0 saturated heterocycles. The second-order valence-electron chi connectivity index (χ2n) is 14.3. The van der Waals surface area contributed by atoms with Crippen LogP contribution < -0.4 is 4.90 Å². The first kappa shape index (κ1) is 27.5. The molecule has 13 rings (SSSR count). The van der Waals surface area contributed by atoms with Crippen molar-refractivity contribution in [2.24, 2.45) is 0 Å². The first-order valence-corrected chi connectivity index (χ1v) is 18.2. The molecule has 0 aliphatic carbocycles. The first-order valence-electron chi connectivity index (χ1n) is 18.2. The van der Waals surface area contributed by atoms with Gasteiger partial charge in [-0.2, -0.15) is 0 Å². The molecular formula is C49H28N4. The van der Waals surface area contributed by atoms with Crippen molar-refractivity contribution in [3.05, 3.63) is 170 Å². The van der Waals surface area contributed by atoms with Crippen molar-refractivity contribution in [2.75, 3.05) is 4.90 Å². The highest BCUT2D eigenvalue weighted by Gasteiger charge is 2.27. The molecule has 0 amide bonds. The Morgan fingerprint density at radius 2 is 0.981 bits per heavy atom. The molecule has 53 heavy (non-hydrogen) atoms. The fraction of sp³-hybridized carbons (Fsp3) is 0. The molecule has 0 aliphatic rings. The standard InChI is InChI=1S/C49H28N4/c1-3-15-31(16-4-1)51(32-17-5-2-6-18-32)47-34-20-10-8-14-30(34)27-39-35-21-11-22-36-40-28-42-44(50-49(40)53(45(35)36)48(39)47)38-24-12-23-37-43-33-19-9-7-13-29(33)25-26-41(43)52(42)46(37)38/h1-28H. The van der Waals surface area contributed by atoms with Crippen LogP contribution in [0.15, 0.2) is 170 Å². The summed E-state index contributed by atoms with van der Waals surface area (Å²) in [6.07, 6.45) is 0. The van der Waals surface area contributed by atoms with E-state index in [4.69, 9.17) is 4.98 Å². The first-order chi connectivity index (χ1) is 26.3. The number of hydrogen-bond donors (Lipinski definition) is 0.